The minimum atomic E-state index is -0.730. The molecule has 25 heavy (non-hydrogen) atoms. The van der Waals surface area contributed by atoms with Crippen LogP contribution in [-0.4, -0.2) is 42.0 Å². The minimum absolute atomic E-state index is 0.181. The first-order chi connectivity index (χ1) is 11.7. The Balaban J connectivity index is 1.94. The van der Waals surface area contributed by atoms with Crippen LogP contribution in [0.1, 0.15) is 40.0 Å². The summed E-state index contributed by atoms with van der Waals surface area (Å²) < 4.78 is 5.16. The summed E-state index contributed by atoms with van der Waals surface area (Å²) in [5.41, 5.74) is 0.551. The molecule has 0 saturated carbocycles. The summed E-state index contributed by atoms with van der Waals surface area (Å²) in [6, 6.07) is -0.730. The molecule has 0 aromatic heterocycles. The van der Waals surface area contributed by atoms with Crippen LogP contribution in [0.25, 0.3) is 0 Å². The van der Waals surface area contributed by atoms with Crippen LogP contribution in [0.5, 0.6) is 0 Å². The van der Waals surface area contributed by atoms with Gasteiger partial charge in [0.1, 0.15) is 11.6 Å². The molecule has 0 aromatic rings. The van der Waals surface area contributed by atoms with Crippen molar-refractivity contribution >= 4 is 23.8 Å². The van der Waals surface area contributed by atoms with Crippen molar-refractivity contribution in [2.45, 2.75) is 51.7 Å². The summed E-state index contributed by atoms with van der Waals surface area (Å²) in [4.78, 5) is 47.0. The third-order valence-corrected chi connectivity index (χ3v) is 3.66. The summed E-state index contributed by atoms with van der Waals surface area (Å²) in [5.74, 6) is -1.23. The second-order valence-electron chi connectivity index (χ2n) is 6.96. The van der Waals surface area contributed by atoms with E-state index in [9.17, 15) is 19.2 Å². The third-order valence-electron chi connectivity index (χ3n) is 3.66. The molecule has 1 heterocycles. The van der Waals surface area contributed by atoms with Gasteiger partial charge >= 0.3 is 6.09 Å². The Labute approximate surface area is 146 Å². The summed E-state index contributed by atoms with van der Waals surface area (Å²) in [7, 11) is 0. The van der Waals surface area contributed by atoms with Crippen molar-refractivity contribution in [1.29, 1.82) is 0 Å². The van der Waals surface area contributed by atoms with Crippen LogP contribution in [0.2, 0.25) is 0 Å². The Morgan fingerprint density at radius 1 is 1.32 bits per heavy atom. The van der Waals surface area contributed by atoms with E-state index >= 15 is 0 Å². The van der Waals surface area contributed by atoms with Crippen molar-refractivity contribution in [3.05, 3.63) is 23.3 Å². The second-order valence-corrected chi connectivity index (χ2v) is 6.96. The molecule has 1 aliphatic heterocycles. The zero-order valence-corrected chi connectivity index (χ0v) is 14.6. The van der Waals surface area contributed by atoms with Gasteiger partial charge in [-0.15, -0.1) is 0 Å². The first-order valence-electron chi connectivity index (χ1n) is 8.15. The van der Waals surface area contributed by atoms with Crippen LogP contribution in [0.4, 0.5) is 4.79 Å². The molecule has 3 N–H and O–H groups in total. The minimum Gasteiger partial charge on any atom is -0.444 e. The van der Waals surface area contributed by atoms with Crippen molar-refractivity contribution in [1.82, 2.24) is 16.0 Å². The lowest BCUT2D eigenvalue weighted by Gasteiger charge is -2.22. The largest absolute Gasteiger partial charge is 0.444 e. The van der Waals surface area contributed by atoms with Gasteiger partial charge in [-0.2, -0.15) is 0 Å². The topological polar surface area (TPSA) is 114 Å². The average Bonchev–Trinajstić information content (AvgIpc) is 2.95. The number of rotatable bonds is 4. The van der Waals surface area contributed by atoms with E-state index < -0.39 is 29.6 Å². The van der Waals surface area contributed by atoms with Gasteiger partial charge < -0.3 is 15.4 Å². The molecule has 4 amide bonds. The molecule has 0 aromatic carbocycles. The van der Waals surface area contributed by atoms with Crippen LogP contribution in [-0.2, 0) is 19.1 Å². The summed E-state index contributed by atoms with van der Waals surface area (Å²) in [5, 5.41) is 7.45. The zero-order chi connectivity index (χ0) is 18.6. The molecule has 2 aliphatic rings. The van der Waals surface area contributed by atoms with Gasteiger partial charge in [-0.05, 0) is 39.2 Å². The molecule has 136 valence electrons. The molecule has 0 bridgehead atoms. The van der Waals surface area contributed by atoms with Gasteiger partial charge in [-0.3, -0.25) is 19.7 Å². The van der Waals surface area contributed by atoms with Crippen molar-refractivity contribution in [2.24, 2.45) is 0 Å². The zero-order valence-electron chi connectivity index (χ0n) is 14.6. The molecule has 1 fully saturated rings. The maximum Gasteiger partial charge on any atom is 0.407 e. The van der Waals surface area contributed by atoms with E-state index in [0.717, 1.165) is 5.57 Å². The Morgan fingerprint density at radius 3 is 2.68 bits per heavy atom. The average molecular weight is 349 g/mol. The Kier molecular flexibility index (Phi) is 5.61. The highest BCUT2D eigenvalue weighted by Gasteiger charge is 2.29. The summed E-state index contributed by atoms with van der Waals surface area (Å²) >= 11 is 0. The van der Waals surface area contributed by atoms with Crippen molar-refractivity contribution in [2.75, 3.05) is 6.54 Å². The van der Waals surface area contributed by atoms with Gasteiger partial charge in [0.2, 0.25) is 11.8 Å². The van der Waals surface area contributed by atoms with Crippen LogP contribution in [0, 0.1) is 0 Å². The molecule has 8 nitrogen and oxygen atoms in total. The van der Waals surface area contributed by atoms with Crippen LogP contribution in [0.3, 0.4) is 0 Å². The third kappa shape index (κ3) is 5.44. The van der Waals surface area contributed by atoms with E-state index in [-0.39, 0.29) is 25.3 Å². The van der Waals surface area contributed by atoms with Crippen LogP contribution in [0.15, 0.2) is 23.3 Å². The number of carbonyl (C=O) groups is 4. The quantitative estimate of drug-likeness (QED) is 0.646. The van der Waals surface area contributed by atoms with E-state index in [2.05, 4.69) is 16.0 Å². The number of allylic oxidation sites excluding steroid dienone is 1. The lowest BCUT2D eigenvalue weighted by molar-refractivity contribution is -0.136. The molecule has 0 spiro atoms. The number of carbonyl (C=O) groups excluding carboxylic acids is 4. The van der Waals surface area contributed by atoms with Gasteiger partial charge in [-0.1, -0.05) is 12.2 Å². The lowest BCUT2D eigenvalue weighted by atomic mass is 10.0. The Morgan fingerprint density at radius 2 is 2.04 bits per heavy atom. The normalized spacial score (nSPS) is 20.4. The van der Waals surface area contributed by atoms with E-state index in [1.807, 2.05) is 6.08 Å². The number of ether oxygens (including phenoxy) is 1. The van der Waals surface area contributed by atoms with E-state index in [4.69, 9.17) is 4.74 Å². The van der Waals surface area contributed by atoms with Crippen LogP contribution >= 0.6 is 0 Å². The molecule has 1 atom stereocenters. The second kappa shape index (κ2) is 7.50. The highest BCUT2D eigenvalue weighted by atomic mass is 16.6. The molecule has 1 aliphatic carbocycles. The SMILES string of the molecule is CC(C)(C)OC(=O)NCC1=C(C(=O)NC2CCC(=O)NC2=O)C=CC1. The monoisotopic (exact) mass is 349 g/mol. The number of imide groups is 1. The number of nitrogens with one attached hydrogen (secondary N) is 3. The fourth-order valence-corrected chi connectivity index (χ4v) is 2.51. The Hall–Kier alpha value is -2.64. The first-order valence-corrected chi connectivity index (χ1v) is 8.15. The number of hydrogen-bond acceptors (Lipinski definition) is 5. The van der Waals surface area contributed by atoms with Gasteiger partial charge in [0, 0.05) is 18.5 Å². The predicted molar refractivity (Wildman–Crippen MR) is 89.3 cm³/mol. The molecule has 1 saturated heterocycles. The molecule has 0 radical (unpaired) electrons. The molecular formula is C17H23N3O5. The highest BCUT2D eigenvalue weighted by molar-refractivity contribution is 6.04. The predicted octanol–water partition coefficient (Wildman–Crippen LogP) is 0.689. The fourth-order valence-electron chi connectivity index (χ4n) is 2.51. The number of piperidine rings is 1. The van der Waals surface area contributed by atoms with Gasteiger partial charge in [0.05, 0.1) is 0 Å². The van der Waals surface area contributed by atoms with Crippen molar-refractivity contribution in [3.8, 4) is 0 Å². The van der Waals surface area contributed by atoms with E-state index in [0.29, 0.717) is 12.0 Å². The van der Waals surface area contributed by atoms with Gasteiger partial charge in [0.25, 0.3) is 5.91 Å². The van der Waals surface area contributed by atoms with Crippen LogP contribution < -0.4 is 16.0 Å². The lowest BCUT2D eigenvalue weighted by Crippen LogP contribution is -2.52. The number of hydrogen-bond donors (Lipinski definition) is 3. The molecule has 8 heteroatoms. The maximum atomic E-state index is 12.4. The molecular weight excluding hydrogens is 326 g/mol. The van der Waals surface area contributed by atoms with Gasteiger partial charge in [-0.25, -0.2) is 4.79 Å². The van der Waals surface area contributed by atoms with E-state index in [1.54, 1.807) is 26.8 Å². The van der Waals surface area contributed by atoms with E-state index in [1.165, 1.54) is 0 Å². The molecule has 2 rings (SSSR count). The number of amides is 4. The summed E-state index contributed by atoms with van der Waals surface area (Å²) in [6.07, 6.45) is 3.92. The smallest absolute Gasteiger partial charge is 0.407 e. The summed E-state index contributed by atoms with van der Waals surface area (Å²) in [6.45, 7) is 5.48. The standard InChI is InChI=1S/C17H23N3O5/c1-17(2,3)25-16(24)18-9-10-5-4-6-11(10)14(22)19-12-7-8-13(21)20-15(12)23/h4,6,12H,5,7-9H2,1-3H3,(H,18,24)(H,19,22)(H,20,21,23). The first kappa shape index (κ1) is 18.7. The van der Waals surface area contributed by atoms with Gasteiger partial charge in [0.15, 0.2) is 0 Å². The molecule has 1 unspecified atom stereocenters. The van der Waals surface area contributed by atoms with Crippen molar-refractivity contribution < 1.29 is 23.9 Å². The number of alkyl carbamates (subject to hydrolysis) is 1. The Bertz CT molecular complexity index is 658. The van der Waals surface area contributed by atoms with Crippen molar-refractivity contribution in [3.63, 3.8) is 0 Å². The maximum absolute atomic E-state index is 12.4. The fraction of sp³-hybridized carbons (Fsp3) is 0.529. The highest BCUT2D eigenvalue weighted by Crippen LogP contribution is 2.19.